The van der Waals surface area contributed by atoms with E-state index in [-0.39, 0.29) is 0 Å². The summed E-state index contributed by atoms with van der Waals surface area (Å²) in [6.45, 7) is 8.98. The Morgan fingerprint density at radius 3 is 2.44 bits per heavy atom. The van der Waals surface area contributed by atoms with Crippen LogP contribution < -0.4 is 0 Å². The van der Waals surface area contributed by atoms with Crippen molar-refractivity contribution in [1.82, 2.24) is 0 Å². The molecule has 1 spiro atoms. The van der Waals surface area contributed by atoms with Gasteiger partial charge in [0.05, 0.1) is 12.2 Å². The summed E-state index contributed by atoms with van der Waals surface area (Å²) in [6.07, 6.45) is 12.7. The van der Waals surface area contributed by atoms with E-state index < -0.39 is 0 Å². The number of epoxide rings is 1. The zero-order chi connectivity index (χ0) is 17.4. The van der Waals surface area contributed by atoms with Gasteiger partial charge in [-0.05, 0) is 104 Å². The molecule has 1 N–H and O–H groups in total. The highest BCUT2D eigenvalue weighted by Gasteiger charge is 2.63. The number of aliphatic hydroxyl groups is 1. The van der Waals surface area contributed by atoms with Gasteiger partial charge in [-0.15, -0.1) is 0 Å². The van der Waals surface area contributed by atoms with Crippen LogP contribution in [0.3, 0.4) is 0 Å². The van der Waals surface area contributed by atoms with Crippen molar-refractivity contribution in [2.24, 2.45) is 46.3 Å². The molecule has 0 bridgehead atoms. The maximum Gasteiger partial charge on any atom is 0.0919 e. The molecule has 2 heteroatoms. The second kappa shape index (κ2) is 5.47. The van der Waals surface area contributed by atoms with Crippen molar-refractivity contribution in [2.75, 3.05) is 13.2 Å². The molecule has 4 saturated carbocycles. The standard InChI is InChI=1S/C23H38O2/c1-15(13-24)18-6-7-19-17-5-4-16-12-23(14-25-23)11-10-21(16,2)20(17)8-9-22(18,19)3/h15-20,24H,4-14H2,1-3H3/t15?,16-,17-,18+,19-,20-,21-,22+,23?/m0/s1. The first-order valence-corrected chi connectivity index (χ1v) is 11.2. The van der Waals surface area contributed by atoms with Crippen LogP contribution in [0.2, 0.25) is 0 Å². The lowest BCUT2D eigenvalue weighted by Crippen LogP contribution is -2.54. The smallest absolute Gasteiger partial charge is 0.0919 e. The molecule has 0 aromatic carbocycles. The van der Waals surface area contributed by atoms with E-state index in [0.29, 0.717) is 29.0 Å². The molecule has 9 atom stereocenters. The molecule has 0 aromatic heterocycles. The largest absolute Gasteiger partial charge is 0.396 e. The minimum atomic E-state index is 0.329. The van der Waals surface area contributed by atoms with Crippen molar-refractivity contribution in [3.05, 3.63) is 0 Å². The van der Waals surface area contributed by atoms with Crippen LogP contribution in [0.15, 0.2) is 0 Å². The maximum atomic E-state index is 9.77. The van der Waals surface area contributed by atoms with Gasteiger partial charge >= 0.3 is 0 Å². The Labute approximate surface area is 154 Å². The Balaban J connectivity index is 1.40. The Kier molecular flexibility index (Phi) is 3.73. The predicted molar refractivity (Wildman–Crippen MR) is 100 cm³/mol. The fourth-order valence-corrected chi connectivity index (χ4v) is 8.77. The van der Waals surface area contributed by atoms with Crippen molar-refractivity contribution in [1.29, 1.82) is 0 Å². The topological polar surface area (TPSA) is 32.8 Å². The van der Waals surface area contributed by atoms with E-state index >= 15 is 0 Å². The Bertz CT molecular complexity index is 540. The fourth-order valence-electron chi connectivity index (χ4n) is 8.77. The van der Waals surface area contributed by atoms with E-state index in [1.807, 2.05) is 0 Å². The van der Waals surface area contributed by atoms with Gasteiger partial charge in [-0.2, -0.15) is 0 Å². The number of hydrogen-bond acceptors (Lipinski definition) is 2. The summed E-state index contributed by atoms with van der Waals surface area (Å²) in [6, 6.07) is 0. The minimum absolute atomic E-state index is 0.329. The lowest BCUT2D eigenvalue weighted by Gasteiger charge is -2.61. The van der Waals surface area contributed by atoms with Crippen LogP contribution in [0.25, 0.3) is 0 Å². The van der Waals surface area contributed by atoms with Crippen molar-refractivity contribution in [3.8, 4) is 0 Å². The van der Waals surface area contributed by atoms with E-state index in [9.17, 15) is 5.11 Å². The van der Waals surface area contributed by atoms with Gasteiger partial charge in [0, 0.05) is 6.61 Å². The van der Waals surface area contributed by atoms with Crippen molar-refractivity contribution < 1.29 is 9.84 Å². The molecule has 2 unspecified atom stereocenters. The molecule has 1 aliphatic heterocycles. The molecule has 2 nitrogen and oxygen atoms in total. The minimum Gasteiger partial charge on any atom is -0.396 e. The SMILES string of the molecule is CC(CO)[C@H]1CC[C@H]2[C@@H]3CC[C@H]4CC5(CC[C@]4(C)[C@H]3CC[C@]12C)CO5. The lowest BCUT2D eigenvalue weighted by molar-refractivity contribution is -0.124. The summed E-state index contributed by atoms with van der Waals surface area (Å²) >= 11 is 0. The second-order valence-electron chi connectivity index (χ2n) is 11.2. The van der Waals surface area contributed by atoms with Crippen LogP contribution >= 0.6 is 0 Å². The molecule has 1 saturated heterocycles. The highest BCUT2D eigenvalue weighted by Crippen LogP contribution is 2.69. The van der Waals surface area contributed by atoms with Crippen LogP contribution in [-0.4, -0.2) is 23.9 Å². The summed E-state index contributed by atoms with van der Waals surface area (Å²) < 4.78 is 5.88. The zero-order valence-electron chi connectivity index (χ0n) is 16.6. The molecule has 142 valence electrons. The quantitative estimate of drug-likeness (QED) is 0.710. The highest BCUT2D eigenvalue weighted by atomic mass is 16.6. The summed E-state index contributed by atoms with van der Waals surface area (Å²) in [5, 5.41) is 9.77. The molecule has 1 heterocycles. The molecule has 5 rings (SSSR count). The van der Waals surface area contributed by atoms with Gasteiger partial charge < -0.3 is 9.84 Å². The summed E-state index contributed by atoms with van der Waals surface area (Å²) in [4.78, 5) is 0. The first-order valence-electron chi connectivity index (χ1n) is 11.2. The third-order valence-electron chi connectivity index (χ3n) is 10.4. The van der Waals surface area contributed by atoms with Crippen LogP contribution in [0, 0.1) is 46.3 Å². The van der Waals surface area contributed by atoms with Crippen LogP contribution in [0.5, 0.6) is 0 Å². The van der Waals surface area contributed by atoms with E-state index in [0.717, 1.165) is 36.2 Å². The third kappa shape index (κ3) is 2.29. The average Bonchev–Trinajstić information content (AvgIpc) is 3.26. The summed E-state index contributed by atoms with van der Waals surface area (Å²) in [5.41, 5.74) is 1.42. The zero-order valence-corrected chi connectivity index (χ0v) is 16.6. The second-order valence-corrected chi connectivity index (χ2v) is 11.2. The summed E-state index contributed by atoms with van der Waals surface area (Å²) in [5.74, 6) is 5.01. The van der Waals surface area contributed by atoms with E-state index in [1.165, 1.54) is 57.8 Å². The Morgan fingerprint density at radius 1 is 0.960 bits per heavy atom. The van der Waals surface area contributed by atoms with Crippen molar-refractivity contribution in [2.45, 2.75) is 84.2 Å². The average molecular weight is 347 g/mol. The molecule has 4 aliphatic carbocycles. The van der Waals surface area contributed by atoms with Gasteiger partial charge in [-0.25, -0.2) is 0 Å². The fraction of sp³-hybridized carbons (Fsp3) is 1.00. The molecule has 5 fully saturated rings. The monoisotopic (exact) mass is 346 g/mol. The van der Waals surface area contributed by atoms with Crippen LogP contribution in [0.1, 0.15) is 78.6 Å². The van der Waals surface area contributed by atoms with Gasteiger partial charge in [0.15, 0.2) is 0 Å². The van der Waals surface area contributed by atoms with Crippen molar-refractivity contribution in [3.63, 3.8) is 0 Å². The highest BCUT2D eigenvalue weighted by molar-refractivity contribution is 5.12. The summed E-state index contributed by atoms with van der Waals surface area (Å²) in [7, 11) is 0. The van der Waals surface area contributed by atoms with Gasteiger partial charge in [-0.3, -0.25) is 0 Å². The molecule has 5 aliphatic rings. The first-order chi connectivity index (χ1) is 11.9. The van der Waals surface area contributed by atoms with E-state index in [1.54, 1.807) is 0 Å². The maximum absolute atomic E-state index is 9.77. The van der Waals surface area contributed by atoms with Gasteiger partial charge in [0.25, 0.3) is 0 Å². The first kappa shape index (κ1) is 17.0. The van der Waals surface area contributed by atoms with Crippen molar-refractivity contribution >= 4 is 0 Å². The molecule has 0 amide bonds. The molecule has 0 radical (unpaired) electrons. The third-order valence-corrected chi connectivity index (χ3v) is 10.4. The Hall–Kier alpha value is -0.0800. The normalized spacial score (nSPS) is 58.3. The molecule has 25 heavy (non-hydrogen) atoms. The van der Waals surface area contributed by atoms with E-state index in [4.69, 9.17) is 4.74 Å². The lowest BCUT2D eigenvalue weighted by atomic mass is 9.44. The predicted octanol–water partition coefficient (Wildman–Crippen LogP) is 5.04. The molecular weight excluding hydrogens is 308 g/mol. The number of aliphatic hydroxyl groups excluding tert-OH is 1. The van der Waals surface area contributed by atoms with Gasteiger partial charge in [0.2, 0.25) is 0 Å². The van der Waals surface area contributed by atoms with Crippen LogP contribution in [0.4, 0.5) is 0 Å². The van der Waals surface area contributed by atoms with Gasteiger partial charge in [-0.1, -0.05) is 20.8 Å². The molecule has 0 aromatic rings. The number of fused-ring (bicyclic) bond motifs is 5. The van der Waals surface area contributed by atoms with E-state index in [2.05, 4.69) is 20.8 Å². The molecular formula is C23H38O2. The number of ether oxygens (including phenoxy) is 1. The Morgan fingerprint density at radius 2 is 1.72 bits per heavy atom. The number of hydrogen-bond donors (Lipinski definition) is 1. The number of rotatable bonds is 2. The van der Waals surface area contributed by atoms with Gasteiger partial charge in [0.1, 0.15) is 0 Å². The van der Waals surface area contributed by atoms with Crippen LogP contribution in [-0.2, 0) is 4.74 Å².